The van der Waals surface area contributed by atoms with Crippen LogP contribution in [0.4, 0.5) is 5.69 Å². The minimum atomic E-state index is -0.552. The molecule has 5 rings (SSSR count). The summed E-state index contributed by atoms with van der Waals surface area (Å²) in [7, 11) is 0. The van der Waals surface area contributed by atoms with Gasteiger partial charge in [-0.2, -0.15) is 0 Å². The maximum Gasteiger partial charge on any atom is 0.247 e. The number of fused-ring (bicyclic) bond motifs is 5. The molecule has 2 amide bonds. The van der Waals surface area contributed by atoms with Crippen LogP contribution in [0.25, 0.3) is 0 Å². The lowest BCUT2D eigenvalue weighted by molar-refractivity contribution is -0.148. The van der Waals surface area contributed by atoms with Crippen molar-refractivity contribution in [1.29, 1.82) is 0 Å². The zero-order valence-corrected chi connectivity index (χ0v) is 17.4. The maximum absolute atomic E-state index is 13.7. The first kappa shape index (κ1) is 18.9. The number of carbonyl (C=O) groups excluding carboxylic acids is 2. The monoisotopic (exact) mass is 401 g/mol. The first-order chi connectivity index (χ1) is 14.4. The number of nitrogens with zero attached hydrogens (tertiary/aromatic N) is 1. The fourth-order valence-electron chi connectivity index (χ4n) is 5.67. The number of hydrogen-bond donors (Lipinski definition) is 2. The van der Waals surface area contributed by atoms with Crippen molar-refractivity contribution in [2.75, 3.05) is 5.32 Å². The number of rotatable bonds is 4. The van der Waals surface area contributed by atoms with Gasteiger partial charge in [0.25, 0.3) is 0 Å². The Balaban J connectivity index is 1.57. The molecule has 0 unspecified atom stereocenters. The molecule has 0 aliphatic carbocycles. The van der Waals surface area contributed by atoms with Crippen LogP contribution in [0.1, 0.15) is 31.4 Å². The number of allylic oxidation sites excluding steroid dienone is 1. The molecule has 0 bridgehead atoms. The lowest BCUT2D eigenvalue weighted by atomic mass is 9.60. The van der Waals surface area contributed by atoms with E-state index in [1.54, 1.807) is 0 Å². The molecule has 2 aromatic carbocycles. The Morgan fingerprint density at radius 2 is 1.80 bits per heavy atom. The molecular weight excluding hydrogens is 374 g/mol. The SMILES string of the molecule is C=CC(C)(C)[C@@]12C[C@H]3C(=O)N[C@@H](Cc4ccccc4)C(=O)N3[C@@H]1Nc1ccccc12. The van der Waals surface area contributed by atoms with E-state index in [1.807, 2.05) is 53.4 Å². The Labute approximate surface area is 177 Å². The van der Waals surface area contributed by atoms with Gasteiger partial charge in [0, 0.05) is 17.5 Å². The van der Waals surface area contributed by atoms with E-state index in [4.69, 9.17) is 0 Å². The molecule has 2 N–H and O–H groups in total. The van der Waals surface area contributed by atoms with Crippen LogP contribution in [0, 0.1) is 5.41 Å². The van der Waals surface area contributed by atoms with E-state index in [1.165, 1.54) is 0 Å². The summed E-state index contributed by atoms with van der Waals surface area (Å²) < 4.78 is 0. The minimum absolute atomic E-state index is 0.0181. The van der Waals surface area contributed by atoms with Gasteiger partial charge in [-0.05, 0) is 29.0 Å². The molecule has 0 radical (unpaired) electrons. The molecule has 2 aromatic rings. The van der Waals surface area contributed by atoms with Gasteiger partial charge in [-0.3, -0.25) is 9.59 Å². The second-order valence-corrected chi connectivity index (χ2v) is 9.21. The Hall–Kier alpha value is -3.08. The molecular formula is C25H27N3O2. The predicted octanol–water partition coefficient (Wildman–Crippen LogP) is 3.23. The lowest BCUT2D eigenvalue weighted by Crippen LogP contribution is -2.64. The molecule has 0 saturated carbocycles. The highest BCUT2D eigenvalue weighted by Gasteiger charge is 2.67. The molecule has 3 aliphatic heterocycles. The largest absolute Gasteiger partial charge is 0.364 e. The average molecular weight is 402 g/mol. The van der Waals surface area contributed by atoms with E-state index in [0.29, 0.717) is 12.8 Å². The van der Waals surface area contributed by atoms with Crippen molar-refractivity contribution in [3.05, 3.63) is 78.4 Å². The van der Waals surface area contributed by atoms with Crippen molar-refractivity contribution in [3.63, 3.8) is 0 Å². The summed E-state index contributed by atoms with van der Waals surface area (Å²) in [5.41, 5.74) is 2.51. The second kappa shape index (κ2) is 6.46. The summed E-state index contributed by atoms with van der Waals surface area (Å²) in [5.74, 6) is -0.0843. The Morgan fingerprint density at radius 3 is 2.53 bits per heavy atom. The highest BCUT2D eigenvalue weighted by atomic mass is 16.2. The third-order valence-electron chi connectivity index (χ3n) is 7.41. The molecule has 4 atom stereocenters. The molecule has 0 spiro atoms. The van der Waals surface area contributed by atoms with Crippen molar-refractivity contribution in [1.82, 2.24) is 10.2 Å². The zero-order chi connectivity index (χ0) is 21.1. The van der Waals surface area contributed by atoms with Crippen LogP contribution < -0.4 is 10.6 Å². The van der Waals surface area contributed by atoms with Crippen LogP contribution in [0.2, 0.25) is 0 Å². The van der Waals surface area contributed by atoms with E-state index in [9.17, 15) is 9.59 Å². The van der Waals surface area contributed by atoms with Crippen LogP contribution in [0.15, 0.2) is 67.3 Å². The fourth-order valence-corrected chi connectivity index (χ4v) is 5.67. The third kappa shape index (κ3) is 2.41. The van der Waals surface area contributed by atoms with Crippen molar-refractivity contribution >= 4 is 17.5 Å². The van der Waals surface area contributed by atoms with Crippen LogP contribution in [-0.2, 0) is 21.4 Å². The van der Waals surface area contributed by atoms with Gasteiger partial charge in [0.1, 0.15) is 18.2 Å². The molecule has 3 heterocycles. The van der Waals surface area contributed by atoms with E-state index in [2.05, 4.69) is 43.2 Å². The van der Waals surface area contributed by atoms with Crippen LogP contribution >= 0.6 is 0 Å². The molecule has 5 heteroatoms. The molecule has 30 heavy (non-hydrogen) atoms. The normalized spacial score (nSPS) is 29.5. The van der Waals surface area contributed by atoms with Gasteiger partial charge in [0.15, 0.2) is 0 Å². The number of para-hydroxylation sites is 1. The van der Waals surface area contributed by atoms with E-state index in [0.717, 1.165) is 16.8 Å². The van der Waals surface area contributed by atoms with Gasteiger partial charge in [-0.15, -0.1) is 6.58 Å². The van der Waals surface area contributed by atoms with Crippen molar-refractivity contribution in [3.8, 4) is 0 Å². The van der Waals surface area contributed by atoms with E-state index >= 15 is 0 Å². The molecule has 3 aliphatic rings. The van der Waals surface area contributed by atoms with Crippen molar-refractivity contribution < 1.29 is 9.59 Å². The number of carbonyl (C=O) groups is 2. The highest BCUT2D eigenvalue weighted by molar-refractivity contribution is 5.99. The first-order valence-corrected chi connectivity index (χ1v) is 10.6. The smallest absolute Gasteiger partial charge is 0.247 e. The second-order valence-electron chi connectivity index (χ2n) is 9.21. The van der Waals surface area contributed by atoms with E-state index < -0.39 is 17.5 Å². The molecule has 2 saturated heterocycles. The number of anilines is 1. The van der Waals surface area contributed by atoms with E-state index in [-0.39, 0.29) is 23.4 Å². The Morgan fingerprint density at radius 1 is 1.10 bits per heavy atom. The third-order valence-corrected chi connectivity index (χ3v) is 7.41. The fraction of sp³-hybridized carbons (Fsp3) is 0.360. The molecule has 0 aromatic heterocycles. The van der Waals surface area contributed by atoms with Gasteiger partial charge in [0.05, 0.1) is 0 Å². The van der Waals surface area contributed by atoms with Gasteiger partial charge in [0.2, 0.25) is 11.8 Å². The number of nitrogens with one attached hydrogen (secondary N) is 2. The lowest BCUT2D eigenvalue weighted by Gasteiger charge is -2.44. The summed E-state index contributed by atoms with van der Waals surface area (Å²) in [6.07, 6.45) is 2.76. The number of piperazine rings is 1. The van der Waals surface area contributed by atoms with Crippen LogP contribution in [0.3, 0.4) is 0 Å². The summed E-state index contributed by atoms with van der Waals surface area (Å²) in [5, 5.41) is 6.59. The summed E-state index contributed by atoms with van der Waals surface area (Å²) in [6.45, 7) is 8.40. The van der Waals surface area contributed by atoms with Gasteiger partial charge >= 0.3 is 0 Å². The molecule has 154 valence electrons. The van der Waals surface area contributed by atoms with Gasteiger partial charge < -0.3 is 15.5 Å². The highest BCUT2D eigenvalue weighted by Crippen LogP contribution is 2.60. The summed E-state index contributed by atoms with van der Waals surface area (Å²) in [4.78, 5) is 28.6. The number of amides is 2. The van der Waals surface area contributed by atoms with Crippen molar-refractivity contribution in [2.45, 2.75) is 50.4 Å². The standard InChI is InChI=1S/C25H27N3O2/c1-4-24(2,3)25-15-20-21(29)26-19(14-16-10-6-5-7-11-16)22(30)28(20)23(25)27-18-13-9-8-12-17(18)25/h4-13,19-20,23,27H,1,14-15H2,2-3H3,(H,26,29)/t19-,20-,23-,25+/m0/s1. The summed E-state index contributed by atoms with van der Waals surface area (Å²) >= 11 is 0. The van der Waals surface area contributed by atoms with Crippen LogP contribution in [0.5, 0.6) is 0 Å². The van der Waals surface area contributed by atoms with Crippen molar-refractivity contribution in [2.24, 2.45) is 5.41 Å². The topological polar surface area (TPSA) is 61.4 Å². The maximum atomic E-state index is 13.7. The number of benzene rings is 2. The zero-order valence-electron chi connectivity index (χ0n) is 17.4. The minimum Gasteiger partial charge on any atom is -0.364 e. The quantitative estimate of drug-likeness (QED) is 0.774. The summed E-state index contributed by atoms with van der Waals surface area (Å²) in [6, 6.07) is 17.0. The first-order valence-electron chi connectivity index (χ1n) is 10.6. The van der Waals surface area contributed by atoms with Crippen LogP contribution in [-0.4, -0.2) is 35.0 Å². The Bertz CT molecular complexity index is 1030. The average Bonchev–Trinajstić information content (AvgIpc) is 3.26. The molecule has 5 nitrogen and oxygen atoms in total. The molecule has 2 fully saturated rings. The predicted molar refractivity (Wildman–Crippen MR) is 117 cm³/mol. The number of hydrogen-bond acceptors (Lipinski definition) is 3. The van der Waals surface area contributed by atoms with Gasteiger partial charge in [-0.25, -0.2) is 0 Å². The van der Waals surface area contributed by atoms with Gasteiger partial charge in [-0.1, -0.05) is 68.5 Å². The Kier molecular flexibility index (Phi) is 4.07.